The number of rotatable bonds is 1. The summed E-state index contributed by atoms with van der Waals surface area (Å²) in [6.45, 7) is 2.09. The molecule has 1 aliphatic heterocycles. The number of nitrogens with zero attached hydrogens (tertiary/aromatic N) is 1. The highest BCUT2D eigenvalue weighted by molar-refractivity contribution is 5.62. The molecule has 0 saturated carbocycles. The molecule has 0 aliphatic carbocycles. The van der Waals surface area contributed by atoms with Crippen LogP contribution in [-0.4, -0.2) is 11.3 Å². The van der Waals surface area contributed by atoms with E-state index in [1.807, 2.05) is 12.1 Å². The second-order valence-electron chi connectivity index (χ2n) is 4.41. The van der Waals surface area contributed by atoms with Crippen molar-refractivity contribution in [3.63, 3.8) is 0 Å². The molecular formula is C13H14N2O2. The van der Waals surface area contributed by atoms with Crippen molar-refractivity contribution in [3.05, 3.63) is 29.8 Å². The van der Waals surface area contributed by atoms with Gasteiger partial charge in [0.1, 0.15) is 5.75 Å². The zero-order chi connectivity index (χ0) is 11.8. The lowest BCUT2D eigenvalue weighted by molar-refractivity contribution is 0.192. The minimum Gasteiger partial charge on any atom is -0.490 e. The Morgan fingerprint density at radius 1 is 1.35 bits per heavy atom. The van der Waals surface area contributed by atoms with Gasteiger partial charge in [0.25, 0.3) is 0 Å². The summed E-state index contributed by atoms with van der Waals surface area (Å²) in [6, 6.07) is 7.77. The molecule has 4 heteroatoms. The molecule has 2 N–H and O–H groups in total. The maximum atomic E-state index is 5.76. The van der Waals surface area contributed by atoms with Crippen LogP contribution < -0.4 is 10.5 Å². The number of nitrogens with two attached hydrogens (primary N) is 1. The molecule has 3 rings (SSSR count). The summed E-state index contributed by atoms with van der Waals surface area (Å²) in [5.41, 5.74) is 7.75. The molecule has 88 valence electrons. The van der Waals surface area contributed by atoms with Crippen LogP contribution in [0, 0.1) is 0 Å². The highest BCUT2D eigenvalue weighted by Gasteiger charge is 2.17. The van der Waals surface area contributed by atoms with E-state index in [0.717, 1.165) is 24.2 Å². The van der Waals surface area contributed by atoms with Gasteiger partial charge in [-0.2, -0.15) is 0 Å². The first kappa shape index (κ1) is 10.2. The average Bonchev–Trinajstić information content (AvgIpc) is 2.75. The first-order valence-corrected chi connectivity index (χ1v) is 5.74. The van der Waals surface area contributed by atoms with Crippen LogP contribution in [0.1, 0.15) is 18.9 Å². The third-order valence-corrected chi connectivity index (χ3v) is 3.02. The van der Waals surface area contributed by atoms with Crippen molar-refractivity contribution in [2.45, 2.75) is 25.9 Å². The van der Waals surface area contributed by atoms with Crippen LogP contribution in [0.25, 0.3) is 11.3 Å². The predicted molar refractivity (Wildman–Crippen MR) is 64.8 cm³/mol. The van der Waals surface area contributed by atoms with E-state index < -0.39 is 0 Å². The molecule has 0 amide bonds. The Kier molecular flexibility index (Phi) is 2.28. The molecule has 1 aromatic carbocycles. The zero-order valence-electron chi connectivity index (χ0n) is 9.64. The monoisotopic (exact) mass is 230 g/mol. The standard InChI is InChI=1S/C13H14N2O2/c1-8-2-3-9-6-10(4-5-11(9)16-8)12-7-13(14)15-17-12/h4-8H,2-3H2,1H3,(H2,14,15). The Labute approximate surface area is 99.4 Å². The quantitative estimate of drug-likeness (QED) is 0.818. The molecule has 17 heavy (non-hydrogen) atoms. The van der Waals surface area contributed by atoms with Crippen molar-refractivity contribution in [3.8, 4) is 17.1 Å². The smallest absolute Gasteiger partial charge is 0.169 e. The molecule has 0 radical (unpaired) electrons. The van der Waals surface area contributed by atoms with Crippen LogP contribution in [0.2, 0.25) is 0 Å². The van der Waals surface area contributed by atoms with Gasteiger partial charge in [0.05, 0.1) is 6.10 Å². The zero-order valence-corrected chi connectivity index (χ0v) is 9.64. The highest BCUT2D eigenvalue weighted by Crippen LogP contribution is 2.32. The first-order valence-electron chi connectivity index (χ1n) is 5.74. The second-order valence-corrected chi connectivity index (χ2v) is 4.41. The van der Waals surface area contributed by atoms with Gasteiger partial charge < -0.3 is 15.0 Å². The number of hydrogen-bond acceptors (Lipinski definition) is 4. The van der Waals surface area contributed by atoms with Crippen molar-refractivity contribution in [1.29, 1.82) is 0 Å². The number of aryl methyl sites for hydroxylation is 1. The lowest BCUT2D eigenvalue weighted by Gasteiger charge is -2.23. The van der Waals surface area contributed by atoms with Crippen LogP contribution in [0.4, 0.5) is 5.82 Å². The number of hydrogen-bond donors (Lipinski definition) is 1. The molecule has 1 atom stereocenters. The summed E-state index contributed by atoms with van der Waals surface area (Å²) in [4.78, 5) is 0. The van der Waals surface area contributed by atoms with E-state index in [0.29, 0.717) is 17.7 Å². The summed E-state index contributed by atoms with van der Waals surface area (Å²) in [6.07, 6.45) is 2.39. The maximum absolute atomic E-state index is 5.76. The molecular weight excluding hydrogens is 216 g/mol. The van der Waals surface area contributed by atoms with E-state index >= 15 is 0 Å². The third-order valence-electron chi connectivity index (χ3n) is 3.02. The Balaban J connectivity index is 1.98. The fourth-order valence-electron chi connectivity index (χ4n) is 2.10. The van der Waals surface area contributed by atoms with Crippen molar-refractivity contribution in [2.75, 3.05) is 5.73 Å². The normalized spacial score (nSPS) is 18.5. The molecule has 0 fully saturated rings. The topological polar surface area (TPSA) is 61.3 Å². The summed E-state index contributed by atoms with van der Waals surface area (Å²) >= 11 is 0. The van der Waals surface area contributed by atoms with E-state index in [4.69, 9.17) is 15.0 Å². The number of ether oxygens (including phenoxy) is 1. The largest absolute Gasteiger partial charge is 0.490 e. The van der Waals surface area contributed by atoms with Gasteiger partial charge in [0, 0.05) is 11.6 Å². The van der Waals surface area contributed by atoms with Gasteiger partial charge >= 0.3 is 0 Å². The highest BCUT2D eigenvalue weighted by atomic mass is 16.5. The molecule has 2 heterocycles. The summed E-state index contributed by atoms with van der Waals surface area (Å²) in [7, 11) is 0. The van der Waals surface area contributed by atoms with Gasteiger partial charge in [-0.3, -0.25) is 0 Å². The number of aromatic nitrogens is 1. The van der Waals surface area contributed by atoms with Crippen LogP contribution >= 0.6 is 0 Å². The second kappa shape index (κ2) is 3.80. The Morgan fingerprint density at radius 3 is 3.00 bits per heavy atom. The molecule has 1 aromatic heterocycles. The van der Waals surface area contributed by atoms with E-state index in [9.17, 15) is 0 Å². The minimum atomic E-state index is 0.300. The SMILES string of the molecule is CC1CCc2cc(-c3cc(N)no3)ccc2O1. The number of anilines is 1. The van der Waals surface area contributed by atoms with Crippen LogP contribution in [0.15, 0.2) is 28.8 Å². The van der Waals surface area contributed by atoms with Crippen LogP contribution in [0.5, 0.6) is 5.75 Å². The van der Waals surface area contributed by atoms with Crippen molar-refractivity contribution < 1.29 is 9.26 Å². The summed E-state index contributed by atoms with van der Waals surface area (Å²) in [5.74, 6) is 2.08. The molecule has 2 aromatic rings. The molecule has 1 aliphatic rings. The lowest BCUT2D eigenvalue weighted by Crippen LogP contribution is -2.18. The van der Waals surface area contributed by atoms with Crippen LogP contribution in [-0.2, 0) is 6.42 Å². The molecule has 0 bridgehead atoms. The van der Waals surface area contributed by atoms with Crippen molar-refractivity contribution >= 4 is 5.82 Å². The fraction of sp³-hybridized carbons (Fsp3) is 0.308. The number of benzene rings is 1. The van der Waals surface area contributed by atoms with E-state index in [1.54, 1.807) is 6.07 Å². The fourth-order valence-corrected chi connectivity index (χ4v) is 2.10. The Hall–Kier alpha value is -1.97. The third kappa shape index (κ3) is 1.86. The Bertz CT molecular complexity index is 548. The van der Waals surface area contributed by atoms with Crippen LogP contribution in [0.3, 0.4) is 0 Å². The maximum Gasteiger partial charge on any atom is 0.169 e. The van der Waals surface area contributed by atoms with Gasteiger partial charge in [-0.1, -0.05) is 5.16 Å². The number of nitrogen functional groups attached to an aromatic ring is 1. The van der Waals surface area contributed by atoms with E-state index in [2.05, 4.69) is 18.1 Å². The molecule has 1 unspecified atom stereocenters. The molecule has 0 saturated heterocycles. The lowest BCUT2D eigenvalue weighted by atomic mass is 10.00. The minimum absolute atomic E-state index is 0.300. The van der Waals surface area contributed by atoms with E-state index in [1.165, 1.54) is 5.56 Å². The summed E-state index contributed by atoms with van der Waals surface area (Å²) < 4.78 is 10.9. The van der Waals surface area contributed by atoms with Gasteiger partial charge in [-0.05, 0) is 43.5 Å². The Morgan fingerprint density at radius 2 is 2.24 bits per heavy atom. The van der Waals surface area contributed by atoms with Crippen molar-refractivity contribution in [2.24, 2.45) is 0 Å². The molecule has 4 nitrogen and oxygen atoms in total. The predicted octanol–water partition coefficient (Wildman–Crippen LogP) is 2.64. The van der Waals surface area contributed by atoms with Crippen molar-refractivity contribution in [1.82, 2.24) is 5.16 Å². The first-order chi connectivity index (χ1) is 8.22. The average molecular weight is 230 g/mol. The summed E-state index contributed by atoms with van der Waals surface area (Å²) in [5, 5.41) is 3.69. The van der Waals surface area contributed by atoms with Gasteiger partial charge in [0.2, 0.25) is 0 Å². The van der Waals surface area contributed by atoms with E-state index in [-0.39, 0.29) is 0 Å². The van der Waals surface area contributed by atoms with Gasteiger partial charge in [-0.15, -0.1) is 0 Å². The van der Waals surface area contributed by atoms with Gasteiger partial charge in [-0.25, -0.2) is 0 Å². The molecule has 0 spiro atoms. The van der Waals surface area contributed by atoms with Gasteiger partial charge in [0.15, 0.2) is 11.6 Å². The number of fused-ring (bicyclic) bond motifs is 1.